The second-order valence-electron chi connectivity index (χ2n) is 11.0. The Morgan fingerprint density at radius 3 is 2.26 bits per heavy atom. The lowest BCUT2D eigenvalue weighted by atomic mass is 9.81. The van der Waals surface area contributed by atoms with Crippen molar-refractivity contribution in [3.63, 3.8) is 0 Å². The van der Waals surface area contributed by atoms with Gasteiger partial charge in [0.15, 0.2) is 0 Å². The van der Waals surface area contributed by atoms with Gasteiger partial charge >= 0.3 is 5.97 Å². The summed E-state index contributed by atoms with van der Waals surface area (Å²) in [5.74, 6) is 0.712. The van der Waals surface area contributed by atoms with Crippen molar-refractivity contribution in [2.75, 3.05) is 13.7 Å². The Morgan fingerprint density at radius 2 is 1.74 bits per heavy atom. The van der Waals surface area contributed by atoms with Gasteiger partial charge < -0.3 is 25.8 Å². The Balaban J connectivity index is 0.000000325. The van der Waals surface area contributed by atoms with Crippen molar-refractivity contribution in [2.45, 2.75) is 71.0 Å². The molecular weight excluding hydrogens is 494 g/mol. The van der Waals surface area contributed by atoms with Crippen molar-refractivity contribution in [3.05, 3.63) is 65.9 Å². The molecule has 0 unspecified atom stereocenters. The van der Waals surface area contributed by atoms with E-state index in [0.717, 1.165) is 29.1 Å². The lowest BCUT2D eigenvalue weighted by Crippen LogP contribution is -2.33. The molecule has 0 bridgehead atoms. The lowest BCUT2D eigenvalue weighted by molar-refractivity contribution is -0.138. The number of aliphatic carboxylic acids is 1. The minimum absolute atomic E-state index is 0.146. The van der Waals surface area contributed by atoms with Crippen molar-refractivity contribution in [1.29, 1.82) is 0 Å². The highest BCUT2D eigenvalue weighted by atomic mass is 16.5. The molecule has 4 rings (SSSR count). The number of aliphatic hydroxyl groups excluding tert-OH is 1. The molecule has 1 aliphatic carbocycles. The van der Waals surface area contributed by atoms with Crippen molar-refractivity contribution in [3.8, 4) is 22.7 Å². The molecule has 1 aliphatic rings. The molecule has 1 fully saturated rings. The Labute approximate surface area is 231 Å². The Morgan fingerprint density at radius 1 is 1.13 bits per heavy atom. The van der Waals surface area contributed by atoms with E-state index in [1.807, 2.05) is 35.0 Å². The summed E-state index contributed by atoms with van der Waals surface area (Å²) in [4.78, 5) is 10.3. The SMILES string of the molecule is CC(C)C[C@H](CN)CC(=O)O.COc1ccc(-n2nc(C3(O)CCC(O)CC3)cc2-c2ccc(C)cc2)cc1. The first kappa shape index (κ1) is 30.3. The highest BCUT2D eigenvalue weighted by Crippen LogP contribution is 2.38. The summed E-state index contributed by atoms with van der Waals surface area (Å²) >= 11 is 0. The predicted octanol–water partition coefficient (Wildman–Crippen LogP) is 5.06. The molecule has 0 saturated heterocycles. The van der Waals surface area contributed by atoms with Gasteiger partial charge in [0, 0.05) is 12.0 Å². The van der Waals surface area contributed by atoms with Gasteiger partial charge in [-0.2, -0.15) is 5.10 Å². The zero-order valence-electron chi connectivity index (χ0n) is 23.5. The normalized spacial score (nSPS) is 19.7. The van der Waals surface area contributed by atoms with E-state index in [1.165, 1.54) is 5.56 Å². The second kappa shape index (κ2) is 13.7. The fraction of sp³-hybridized carbons (Fsp3) is 0.484. The number of hydrogen-bond donors (Lipinski definition) is 4. The summed E-state index contributed by atoms with van der Waals surface area (Å²) in [5.41, 5.74) is 9.13. The number of carbonyl (C=O) groups is 1. The molecule has 3 aromatic rings. The summed E-state index contributed by atoms with van der Waals surface area (Å²) in [6.45, 7) is 6.69. The second-order valence-corrected chi connectivity index (χ2v) is 11.0. The molecule has 5 N–H and O–H groups in total. The maximum absolute atomic E-state index is 11.2. The number of rotatable bonds is 9. The van der Waals surface area contributed by atoms with Crippen LogP contribution in [-0.4, -0.2) is 50.8 Å². The van der Waals surface area contributed by atoms with E-state index in [0.29, 0.717) is 43.8 Å². The van der Waals surface area contributed by atoms with E-state index in [1.54, 1.807) is 7.11 Å². The topological polar surface area (TPSA) is 131 Å². The minimum atomic E-state index is -1.00. The predicted molar refractivity (Wildman–Crippen MR) is 153 cm³/mol. The molecule has 8 nitrogen and oxygen atoms in total. The number of aromatic nitrogens is 2. The first-order valence-electron chi connectivity index (χ1n) is 13.7. The molecular formula is C31H43N3O5. The van der Waals surface area contributed by atoms with Crippen molar-refractivity contribution in [2.24, 2.45) is 17.6 Å². The number of methoxy groups -OCH3 is 1. The third kappa shape index (κ3) is 8.39. The molecule has 1 heterocycles. The monoisotopic (exact) mass is 537 g/mol. The minimum Gasteiger partial charge on any atom is -0.497 e. The standard InChI is InChI=1S/C23H26N2O3.C8H17NO2/c1-16-3-5-17(6-4-16)21-15-22(23(27)13-11-19(26)12-14-23)24-25(21)18-7-9-20(28-2)10-8-18;1-6(2)3-7(5-9)4-8(10)11/h3-10,15,19,26-27H,11-14H2,1-2H3;6-7H,3-5,9H2,1-2H3,(H,10,11)/t;7-/m.0/s1. The van der Waals surface area contributed by atoms with Gasteiger partial charge in [-0.15, -0.1) is 0 Å². The van der Waals surface area contributed by atoms with Gasteiger partial charge in [0.25, 0.3) is 0 Å². The van der Waals surface area contributed by atoms with Crippen LogP contribution in [0.4, 0.5) is 0 Å². The number of ether oxygens (including phenoxy) is 1. The van der Waals surface area contributed by atoms with E-state index < -0.39 is 11.6 Å². The van der Waals surface area contributed by atoms with Crippen LogP contribution in [0.2, 0.25) is 0 Å². The van der Waals surface area contributed by atoms with Crippen molar-refractivity contribution in [1.82, 2.24) is 9.78 Å². The number of aliphatic hydroxyl groups is 2. The van der Waals surface area contributed by atoms with Gasteiger partial charge in [-0.1, -0.05) is 43.7 Å². The number of benzene rings is 2. The number of aryl methyl sites for hydroxylation is 1. The smallest absolute Gasteiger partial charge is 0.303 e. The molecule has 0 amide bonds. The van der Waals surface area contributed by atoms with Crippen LogP contribution in [0.1, 0.15) is 63.6 Å². The maximum Gasteiger partial charge on any atom is 0.303 e. The van der Waals surface area contributed by atoms with Gasteiger partial charge in [-0.05, 0) is 87.7 Å². The van der Waals surface area contributed by atoms with Crippen LogP contribution < -0.4 is 10.5 Å². The molecule has 2 aromatic carbocycles. The highest BCUT2D eigenvalue weighted by molar-refractivity contribution is 5.67. The molecule has 212 valence electrons. The van der Waals surface area contributed by atoms with E-state index in [-0.39, 0.29) is 18.4 Å². The highest BCUT2D eigenvalue weighted by Gasteiger charge is 2.37. The van der Waals surface area contributed by atoms with Crippen LogP contribution in [-0.2, 0) is 10.4 Å². The van der Waals surface area contributed by atoms with Gasteiger partial charge in [-0.25, -0.2) is 4.68 Å². The number of carboxylic acid groups (broad SMARTS) is 1. The van der Waals surface area contributed by atoms with Crippen molar-refractivity contribution >= 4 is 5.97 Å². The van der Waals surface area contributed by atoms with Crippen LogP contribution in [0.25, 0.3) is 16.9 Å². The number of hydrogen-bond acceptors (Lipinski definition) is 6. The summed E-state index contributed by atoms with van der Waals surface area (Å²) in [7, 11) is 1.64. The lowest BCUT2D eigenvalue weighted by Gasteiger charge is -2.32. The van der Waals surface area contributed by atoms with Gasteiger partial charge in [0.2, 0.25) is 0 Å². The van der Waals surface area contributed by atoms with Crippen LogP contribution in [0.15, 0.2) is 54.6 Å². The van der Waals surface area contributed by atoms with E-state index in [9.17, 15) is 15.0 Å². The van der Waals surface area contributed by atoms with E-state index in [4.69, 9.17) is 20.7 Å². The zero-order valence-corrected chi connectivity index (χ0v) is 23.5. The van der Waals surface area contributed by atoms with Gasteiger partial charge in [0.05, 0.1) is 30.3 Å². The fourth-order valence-electron chi connectivity index (χ4n) is 4.97. The van der Waals surface area contributed by atoms with E-state index >= 15 is 0 Å². The average Bonchev–Trinajstić information content (AvgIpc) is 3.37. The largest absolute Gasteiger partial charge is 0.497 e. The third-order valence-electron chi connectivity index (χ3n) is 7.23. The number of carboxylic acids is 1. The first-order valence-corrected chi connectivity index (χ1v) is 13.7. The summed E-state index contributed by atoms with van der Waals surface area (Å²) < 4.78 is 7.14. The summed E-state index contributed by atoms with van der Waals surface area (Å²) in [6.07, 6.45) is 2.98. The van der Waals surface area contributed by atoms with Crippen LogP contribution in [0.3, 0.4) is 0 Å². The van der Waals surface area contributed by atoms with Crippen LogP contribution >= 0.6 is 0 Å². The maximum atomic E-state index is 11.2. The Kier molecular flexibility index (Phi) is 10.7. The molecule has 1 atom stereocenters. The molecule has 8 heteroatoms. The summed E-state index contributed by atoms with van der Waals surface area (Å²) in [6, 6.07) is 18.0. The van der Waals surface area contributed by atoms with Crippen LogP contribution in [0.5, 0.6) is 5.75 Å². The number of nitrogens with two attached hydrogens (primary N) is 1. The Bertz CT molecular complexity index is 1180. The van der Waals surface area contributed by atoms with Gasteiger partial charge in [0.1, 0.15) is 11.4 Å². The molecule has 0 radical (unpaired) electrons. The zero-order chi connectivity index (χ0) is 28.6. The summed E-state index contributed by atoms with van der Waals surface area (Å²) in [5, 5.41) is 34.3. The molecule has 39 heavy (non-hydrogen) atoms. The fourth-order valence-corrected chi connectivity index (χ4v) is 4.97. The molecule has 1 aromatic heterocycles. The quantitative estimate of drug-likeness (QED) is 0.300. The van der Waals surface area contributed by atoms with Gasteiger partial charge in [-0.3, -0.25) is 4.79 Å². The number of nitrogens with zero attached hydrogens (tertiary/aromatic N) is 2. The molecule has 0 spiro atoms. The molecule has 0 aliphatic heterocycles. The van der Waals surface area contributed by atoms with Crippen molar-refractivity contribution < 1.29 is 24.9 Å². The Hall–Kier alpha value is -3.20. The van der Waals surface area contributed by atoms with Crippen LogP contribution in [0, 0.1) is 18.8 Å². The molecule has 1 saturated carbocycles. The average molecular weight is 538 g/mol. The van der Waals surface area contributed by atoms with E-state index in [2.05, 4.69) is 45.0 Å². The third-order valence-corrected chi connectivity index (χ3v) is 7.23. The first-order chi connectivity index (χ1) is 18.5.